The summed E-state index contributed by atoms with van der Waals surface area (Å²) in [5.41, 5.74) is 6.28. The van der Waals surface area contributed by atoms with Crippen LogP contribution in [0.1, 0.15) is 43.2 Å². The molecule has 3 atom stereocenters. The van der Waals surface area contributed by atoms with E-state index in [0.29, 0.717) is 12.1 Å². The van der Waals surface area contributed by atoms with Crippen molar-refractivity contribution in [3.63, 3.8) is 0 Å². The van der Waals surface area contributed by atoms with Gasteiger partial charge < -0.3 is 20.7 Å². The Kier molecular flexibility index (Phi) is 2.73. The molecular formula is C13H22N4O. The van der Waals surface area contributed by atoms with Crippen molar-refractivity contribution < 1.29 is 5.11 Å². The molecule has 5 nitrogen and oxygen atoms in total. The third-order valence-electron chi connectivity index (χ3n) is 4.56. The van der Waals surface area contributed by atoms with Crippen LogP contribution in [0.5, 0.6) is 0 Å². The second kappa shape index (κ2) is 4.05. The Morgan fingerprint density at radius 2 is 2.11 bits per heavy atom. The number of hydrogen-bond acceptors (Lipinski definition) is 4. The van der Waals surface area contributed by atoms with Crippen molar-refractivity contribution in [2.75, 3.05) is 0 Å². The highest BCUT2D eigenvalue weighted by atomic mass is 16.3. The fraction of sp³-hybridized carbons (Fsp3) is 0.769. The van der Waals surface area contributed by atoms with E-state index in [1.807, 2.05) is 24.7 Å². The van der Waals surface area contributed by atoms with Crippen LogP contribution in [0, 0.1) is 6.92 Å². The topological polar surface area (TPSA) is 76.1 Å². The van der Waals surface area contributed by atoms with Crippen molar-refractivity contribution in [2.45, 2.75) is 56.3 Å². The van der Waals surface area contributed by atoms with E-state index in [4.69, 9.17) is 5.73 Å². The van der Waals surface area contributed by atoms with Gasteiger partial charge in [-0.2, -0.15) is 0 Å². The summed E-state index contributed by atoms with van der Waals surface area (Å²) in [5, 5.41) is 14.4. The zero-order valence-corrected chi connectivity index (χ0v) is 11.1. The first-order valence-corrected chi connectivity index (χ1v) is 6.72. The Hall–Kier alpha value is -0.910. The molecule has 2 fully saturated rings. The molecule has 0 aliphatic carbocycles. The van der Waals surface area contributed by atoms with Gasteiger partial charge in [-0.1, -0.05) is 0 Å². The molecule has 3 heterocycles. The minimum absolute atomic E-state index is 0.386. The lowest BCUT2D eigenvalue weighted by Crippen LogP contribution is -2.53. The van der Waals surface area contributed by atoms with Gasteiger partial charge in [0.2, 0.25) is 0 Å². The van der Waals surface area contributed by atoms with Crippen molar-refractivity contribution >= 4 is 0 Å². The zero-order chi connectivity index (χ0) is 12.9. The van der Waals surface area contributed by atoms with Crippen LogP contribution in [0.25, 0.3) is 0 Å². The molecule has 0 aromatic carbocycles. The van der Waals surface area contributed by atoms with E-state index < -0.39 is 5.60 Å². The molecular weight excluding hydrogens is 228 g/mol. The summed E-state index contributed by atoms with van der Waals surface area (Å²) in [6.45, 7) is 1.95. The zero-order valence-electron chi connectivity index (χ0n) is 11.1. The predicted octanol–water partition coefficient (Wildman–Crippen LogP) is 0.374. The van der Waals surface area contributed by atoms with E-state index in [-0.39, 0.29) is 6.04 Å². The van der Waals surface area contributed by atoms with Gasteiger partial charge in [-0.25, -0.2) is 4.98 Å². The van der Waals surface area contributed by atoms with Crippen molar-refractivity contribution in [1.82, 2.24) is 14.9 Å². The van der Waals surface area contributed by atoms with Crippen LogP contribution in [0.15, 0.2) is 6.20 Å². The van der Waals surface area contributed by atoms with Crippen LogP contribution in [0.2, 0.25) is 0 Å². The molecule has 2 aliphatic rings. The third-order valence-corrected chi connectivity index (χ3v) is 4.56. The van der Waals surface area contributed by atoms with Gasteiger partial charge in [-0.05, 0) is 32.6 Å². The normalized spacial score (nSPS) is 36.9. The Balaban J connectivity index is 1.85. The lowest BCUT2D eigenvalue weighted by atomic mass is 9.80. The minimum Gasteiger partial charge on any atom is -0.388 e. The van der Waals surface area contributed by atoms with Crippen molar-refractivity contribution in [3.05, 3.63) is 17.7 Å². The molecule has 2 saturated heterocycles. The largest absolute Gasteiger partial charge is 0.388 e. The molecule has 5 heteroatoms. The maximum atomic E-state index is 10.9. The van der Waals surface area contributed by atoms with Crippen LogP contribution in [0.4, 0.5) is 0 Å². The molecule has 1 aromatic rings. The monoisotopic (exact) mass is 250 g/mol. The average molecular weight is 250 g/mol. The fourth-order valence-electron chi connectivity index (χ4n) is 3.43. The van der Waals surface area contributed by atoms with E-state index in [1.165, 1.54) is 0 Å². The van der Waals surface area contributed by atoms with Gasteiger partial charge in [0.05, 0.1) is 17.3 Å². The van der Waals surface area contributed by atoms with Gasteiger partial charge in [-0.15, -0.1) is 0 Å². The Labute approximate surface area is 107 Å². The lowest BCUT2D eigenvalue weighted by Gasteiger charge is -2.40. The van der Waals surface area contributed by atoms with Crippen molar-refractivity contribution in [3.8, 4) is 0 Å². The number of aromatic nitrogens is 2. The van der Waals surface area contributed by atoms with Crippen LogP contribution in [-0.2, 0) is 7.05 Å². The summed E-state index contributed by atoms with van der Waals surface area (Å²) in [5.74, 6) is 0.931. The van der Waals surface area contributed by atoms with Crippen molar-refractivity contribution in [1.29, 1.82) is 0 Å². The van der Waals surface area contributed by atoms with E-state index in [0.717, 1.165) is 37.2 Å². The van der Waals surface area contributed by atoms with E-state index in [1.54, 1.807) is 0 Å². The van der Waals surface area contributed by atoms with Crippen LogP contribution >= 0.6 is 0 Å². The first-order chi connectivity index (χ1) is 8.48. The van der Waals surface area contributed by atoms with Crippen LogP contribution in [0.3, 0.4) is 0 Å². The summed E-state index contributed by atoms with van der Waals surface area (Å²) in [4.78, 5) is 4.46. The van der Waals surface area contributed by atoms with Gasteiger partial charge >= 0.3 is 0 Å². The van der Waals surface area contributed by atoms with Crippen molar-refractivity contribution in [2.24, 2.45) is 12.8 Å². The highest BCUT2D eigenvalue weighted by molar-refractivity contribution is 5.16. The summed E-state index contributed by atoms with van der Waals surface area (Å²) >= 11 is 0. The number of piperidine rings is 1. The first-order valence-electron chi connectivity index (χ1n) is 6.72. The molecule has 2 bridgehead atoms. The van der Waals surface area contributed by atoms with Gasteiger partial charge in [0, 0.05) is 25.3 Å². The van der Waals surface area contributed by atoms with Crippen LogP contribution in [-0.4, -0.2) is 32.3 Å². The highest BCUT2D eigenvalue weighted by Gasteiger charge is 2.47. The number of rotatable bonds is 2. The molecule has 18 heavy (non-hydrogen) atoms. The number of aliphatic hydroxyl groups is 1. The molecule has 3 rings (SSSR count). The summed E-state index contributed by atoms with van der Waals surface area (Å²) < 4.78 is 1.95. The lowest BCUT2D eigenvalue weighted by molar-refractivity contribution is -0.0307. The molecule has 3 unspecified atom stereocenters. The van der Waals surface area contributed by atoms with E-state index in [9.17, 15) is 5.11 Å². The Bertz CT molecular complexity index is 424. The minimum atomic E-state index is -0.808. The van der Waals surface area contributed by atoms with Crippen LogP contribution < -0.4 is 11.1 Å². The SMILES string of the molecule is Cc1nc(C(N)C2(O)CC3CCC(C2)N3)cn1C. The van der Waals surface area contributed by atoms with Gasteiger partial charge in [0.1, 0.15) is 5.82 Å². The average Bonchev–Trinajstić information content (AvgIpc) is 2.82. The Morgan fingerprint density at radius 1 is 1.50 bits per heavy atom. The van der Waals surface area contributed by atoms with Gasteiger partial charge in [0.25, 0.3) is 0 Å². The standard InChI is InChI=1S/C13H22N4O/c1-8-15-11(7-17(8)2)12(14)13(18)5-9-3-4-10(6-13)16-9/h7,9-10,12,16,18H,3-6,14H2,1-2H3. The first kappa shape index (κ1) is 12.1. The number of nitrogens with zero attached hydrogens (tertiary/aromatic N) is 2. The number of hydrogen-bond donors (Lipinski definition) is 3. The second-order valence-electron chi connectivity index (χ2n) is 5.95. The smallest absolute Gasteiger partial charge is 0.105 e. The predicted molar refractivity (Wildman–Crippen MR) is 69.0 cm³/mol. The molecule has 100 valence electrons. The number of fused-ring (bicyclic) bond motifs is 2. The maximum absolute atomic E-state index is 10.9. The quantitative estimate of drug-likeness (QED) is 0.709. The molecule has 0 amide bonds. The molecule has 2 aliphatic heterocycles. The summed E-state index contributed by atoms with van der Waals surface area (Å²) in [7, 11) is 1.95. The molecule has 4 N–H and O–H groups in total. The third kappa shape index (κ3) is 1.86. The number of aryl methyl sites for hydroxylation is 2. The van der Waals surface area contributed by atoms with E-state index >= 15 is 0 Å². The number of imidazole rings is 1. The number of nitrogens with two attached hydrogens (primary N) is 1. The molecule has 0 spiro atoms. The second-order valence-corrected chi connectivity index (χ2v) is 5.95. The highest BCUT2D eigenvalue weighted by Crippen LogP contribution is 2.40. The molecule has 0 radical (unpaired) electrons. The maximum Gasteiger partial charge on any atom is 0.105 e. The molecule has 1 aromatic heterocycles. The summed E-state index contributed by atoms with van der Waals surface area (Å²) in [6, 6.07) is 0.455. The van der Waals surface area contributed by atoms with E-state index in [2.05, 4.69) is 10.3 Å². The van der Waals surface area contributed by atoms with Gasteiger partial charge in [0.15, 0.2) is 0 Å². The number of nitrogens with one attached hydrogen (secondary N) is 1. The summed E-state index contributed by atoms with van der Waals surface area (Å²) in [6.07, 6.45) is 5.71. The van der Waals surface area contributed by atoms with Gasteiger partial charge in [-0.3, -0.25) is 0 Å². The Morgan fingerprint density at radius 3 is 2.61 bits per heavy atom. The molecule has 0 saturated carbocycles. The fourth-order valence-corrected chi connectivity index (χ4v) is 3.43.